The molecule has 0 aromatic heterocycles. The Morgan fingerprint density at radius 1 is 1.07 bits per heavy atom. The molecule has 1 aliphatic heterocycles. The Morgan fingerprint density at radius 2 is 1.78 bits per heavy atom. The molecule has 0 spiro atoms. The maximum Gasteiger partial charge on any atom is 0.221 e. The Labute approximate surface area is 165 Å². The molecule has 1 aliphatic rings. The van der Waals surface area contributed by atoms with E-state index in [1.54, 1.807) is 7.11 Å². The second-order valence-corrected chi connectivity index (χ2v) is 7.05. The number of rotatable bonds is 7. The van der Waals surface area contributed by atoms with Crippen LogP contribution in [0.5, 0.6) is 5.75 Å². The van der Waals surface area contributed by atoms with Crippen molar-refractivity contribution in [3.05, 3.63) is 59.1 Å². The Hall–Kier alpha value is -2.24. The topological polar surface area (TPSA) is 44.8 Å². The zero-order valence-corrected chi connectivity index (χ0v) is 16.4. The summed E-state index contributed by atoms with van der Waals surface area (Å²) in [6.07, 6.45) is 0.507. The molecule has 0 aliphatic carbocycles. The van der Waals surface area contributed by atoms with Crippen molar-refractivity contribution in [2.24, 2.45) is 0 Å². The van der Waals surface area contributed by atoms with Crippen molar-refractivity contribution in [3.63, 3.8) is 0 Å². The van der Waals surface area contributed by atoms with Crippen LogP contribution in [0.1, 0.15) is 12.0 Å². The molecular weight excluding hydrogens is 362 g/mol. The van der Waals surface area contributed by atoms with E-state index in [4.69, 9.17) is 16.3 Å². The zero-order valence-electron chi connectivity index (χ0n) is 15.7. The van der Waals surface area contributed by atoms with Gasteiger partial charge in [0.25, 0.3) is 0 Å². The number of hydrogen-bond acceptors (Lipinski definition) is 4. The summed E-state index contributed by atoms with van der Waals surface area (Å²) in [7, 11) is 1.68. The Morgan fingerprint density at radius 3 is 2.44 bits per heavy atom. The van der Waals surface area contributed by atoms with Gasteiger partial charge in [0, 0.05) is 56.4 Å². The smallest absolute Gasteiger partial charge is 0.221 e. The number of methoxy groups -OCH3 is 1. The minimum absolute atomic E-state index is 0.0625. The third-order valence-electron chi connectivity index (χ3n) is 4.90. The van der Waals surface area contributed by atoms with Crippen LogP contribution in [0.3, 0.4) is 0 Å². The number of carbonyl (C=O) groups excluding carboxylic acids is 1. The summed E-state index contributed by atoms with van der Waals surface area (Å²) >= 11 is 6.12. The quantitative estimate of drug-likeness (QED) is 0.792. The molecule has 1 amide bonds. The molecule has 0 unspecified atom stereocenters. The maximum absolute atomic E-state index is 12.1. The van der Waals surface area contributed by atoms with Gasteiger partial charge in [-0.15, -0.1) is 0 Å². The number of nitrogens with one attached hydrogen (secondary N) is 1. The number of halogens is 1. The summed E-state index contributed by atoms with van der Waals surface area (Å²) in [6.45, 7) is 5.11. The lowest BCUT2D eigenvalue weighted by Gasteiger charge is -2.36. The lowest BCUT2D eigenvalue weighted by atomic mass is 10.2. The second kappa shape index (κ2) is 9.62. The average Bonchev–Trinajstić information content (AvgIpc) is 2.72. The van der Waals surface area contributed by atoms with Gasteiger partial charge in [0.05, 0.1) is 7.11 Å². The number of ether oxygens (including phenoxy) is 1. The van der Waals surface area contributed by atoms with Crippen molar-refractivity contribution in [1.29, 1.82) is 0 Å². The summed E-state index contributed by atoms with van der Waals surface area (Å²) < 4.78 is 5.21. The van der Waals surface area contributed by atoms with Crippen LogP contribution in [0, 0.1) is 0 Å². The van der Waals surface area contributed by atoms with E-state index < -0.39 is 0 Å². The molecule has 27 heavy (non-hydrogen) atoms. The van der Waals surface area contributed by atoms with Gasteiger partial charge in [-0.05, 0) is 35.9 Å². The van der Waals surface area contributed by atoms with Crippen molar-refractivity contribution < 1.29 is 9.53 Å². The van der Waals surface area contributed by atoms with Gasteiger partial charge >= 0.3 is 0 Å². The summed E-state index contributed by atoms with van der Waals surface area (Å²) in [5.41, 5.74) is 2.16. The highest BCUT2D eigenvalue weighted by molar-refractivity contribution is 6.31. The standard InChI is InChI=1S/C21H26ClN3O2/c1-27-19-8-6-18(7-9-19)25-14-12-24(13-15-25)11-10-21(26)23-16-17-4-2-3-5-20(17)22/h2-9H,10-16H2,1H3,(H,23,26). The predicted octanol–water partition coefficient (Wildman–Crippen LogP) is 3.18. The number of nitrogens with zero attached hydrogens (tertiary/aromatic N) is 2. The fourth-order valence-electron chi connectivity index (χ4n) is 3.21. The third kappa shape index (κ3) is 5.62. The van der Waals surface area contributed by atoms with Crippen LogP contribution in [0.2, 0.25) is 5.02 Å². The molecule has 2 aromatic carbocycles. The third-order valence-corrected chi connectivity index (χ3v) is 5.27. The van der Waals surface area contributed by atoms with Crippen molar-refractivity contribution in [1.82, 2.24) is 10.2 Å². The fourth-order valence-corrected chi connectivity index (χ4v) is 3.41. The number of piperazine rings is 1. The molecular formula is C21H26ClN3O2. The molecule has 0 radical (unpaired) electrons. The summed E-state index contributed by atoms with van der Waals surface area (Å²) in [6, 6.07) is 15.8. The van der Waals surface area contributed by atoms with E-state index in [2.05, 4.69) is 27.2 Å². The second-order valence-electron chi connectivity index (χ2n) is 6.64. The molecule has 5 nitrogen and oxygen atoms in total. The maximum atomic E-state index is 12.1. The lowest BCUT2D eigenvalue weighted by Crippen LogP contribution is -2.47. The van der Waals surface area contributed by atoms with Gasteiger partial charge in [-0.3, -0.25) is 9.69 Å². The Balaban J connectivity index is 1.37. The van der Waals surface area contributed by atoms with Gasteiger partial charge in [0.15, 0.2) is 0 Å². The first-order valence-corrected chi connectivity index (χ1v) is 9.65. The van der Waals surface area contributed by atoms with Gasteiger partial charge < -0.3 is 15.0 Å². The van der Waals surface area contributed by atoms with Gasteiger partial charge in [-0.1, -0.05) is 29.8 Å². The molecule has 1 heterocycles. The first-order chi connectivity index (χ1) is 13.2. The molecule has 0 atom stereocenters. The summed E-state index contributed by atoms with van der Waals surface area (Å²) in [5, 5.41) is 3.64. The molecule has 1 fully saturated rings. The lowest BCUT2D eigenvalue weighted by molar-refractivity contribution is -0.121. The van der Waals surface area contributed by atoms with E-state index >= 15 is 0 Å². The van der Waals surface area contributed by atoms with Crippen LogP contribution in [-0.2, 0) is 11.3 Å². The molecule has 6 heteroatoms. The van der Waals surface area contributed by atoms with Crippen molar-refractivity contribution in [2.45, 2.75) is 13.0 Å². The number of hydrogen-bond donors (Lipinski definition) is 1. The monoisotopic (exact) mass is 387 g/mol. The normalized spacial score (nSPS) is 14.8. The Kier molecular flexibility index (Phi) is 6.96. The van der Waals surface area contributed by atoms with Crippen LogP contribution < -0.4 is 15.0 Å². The van der Waals surface area contributed by atoms with E-state index in [1.165, 1.54) is 5.69 Å². The van der Waals surface area contributed by atoms with E-state index in [-0.39, 0.29) is 5.91 Å². The number of amides is 1. The fraction of sp³-hybridized carbons (Fsp3) is 0.381. The zero-order chi connectivity index (χ0) is 19.1. The first kappa shape index (κ1) is 19.5. The molecule has 1 saturated heterocycles. The molecule has 0 bridgehead atoms. The SMILES string of the molecule is COc1ccc(N2CCN(CCC(=O)NCc3ccccc3Cl)CC2)cc1. The van der Waals surface area contributed by atoms with E-state index in [1.807, 2.05) is 36.4 Å². The molecule has 0 saturated carbocycles. The highest BCUT2D eigenvalue weighted by Gasteiger charge is 2.17. The Bertz CT molecular complexity index is 743. The predicted molar refractivity (Wildman–Crippen MR) is 110 cm³/mol. The van der Waals surface area contributed by atoms with Gasteiger partial charge in [0.2, 0.25) is 5.91 Å². The van der Waals surface area contributed by atoms with E-state index in [0.29, 0.717) is 18.0 Å². The van der Waals surface area contributed by atoms with Gasteiger partial charge in [0.1, 0.15) is 5.75 Å². The molecule has 2 aromatic rings. The van der Waals surface area contributed by atoms with E-state index in [9.17, 15) is 4.79 Å². The van der Waals surface area contributed by atoms with Crippen molar-refractivity contribution in [2.75, 3.05) is 44.7 Å². The minimum Gasteiger partial charge on any atom is -0.497 e. The minimum atomic E-state index is 0.0625. The number of carbonyl (C=O) groups is 1. The van der Waals surface area contributed by atoms with Crippen LogP contribution in [0.15, 0.2) is 48.5 Å². The highest BCUT2D eigenvalue weighted by atomic mass is 35.5. The van der Waals surface area contributed by atoms with Crippen molar-refractivity contribution >= 4 is 23.2 Å². The summed E-state index contributed by atoms with van der Waals surface area (Å²) in [5.74, 6) is 0.938. The highest BCUT2D eigenvalue weighted by Crippen LogP contribution is 2.20. The number of anilines is 1. The van der Waals surface area contributed by atoms with E-state index in [0.717, 1.165) is 44.0 Å². The average molecular weight is 388 g/mol. The molecule has 3 rings (SSSR count). The van der Waals surface area contributed by atoms with Gasteiger partial charge in [-0.25, -0.2) is 0 Å². The van der Waals surface area contributed by atoms with Crippen molar-refractivity contribution in [3.8, 4) is 5.75 Å². The largest absolute Gasteiger partial charge is 0.497 e. The summed E-state index contributed by atoms with van der Waals surface area (Å²) in [4.78, 5) is 16.8. The molecule has 144 valence electrons. The number of benzene rings is 2. The van der Waals surface area contributed by atoms with Crippen LogP contribution >= 0.6 is 11.6 Å². The first-order valence-electron chi connectivity index (χ1n) is 9.27. The van der Waals surface area contributed by atoms with Crippen LogP contribution in [-0.4, -0.2) is 50.6 Å². The van der Waals surface area contributed by atoms with Crippen LogP contribution in [0.25, 0.3) is 0 Å². The van der Waals surface area contributed by atoms with Crippen LogP contribution in [0.4, 0.5) is 5.69 Å². The molecule has 1 N–H and O–H groups in total. The van der Waals surface area contributed by atoms with Gasteiger partial charge in [-0.2, -0.15) is 0 Å².